The lowest BCUT2D eigenvalue weighted by molar-refractivity contribution is -0.154. The zero-order valence-corrected chi connectivity index (χ0v) is 14.0. The second-order valence-corrected chi connectivity index (χ2v) is 7.33. The zero-order chi connectivity index (χ0) is 16.4. The molecule has 2 unspecified atom stereocenters. The predicted molar refractivity (Wildman–Crippen MR) is 82.5 cm³/mol. The summed E-state index contributed by atoms with van der Waals surface area (Å²) in [6, 6.07) is 0.485. The van der Waals surface area contributed by atoms with Crippen LogP contribution in [0, 0.1) is 0 Å². The van der Waals surface area contributed by atoms with Gasteiger partial charge in [0.05, 0.1) is 6.61 Å². The minimum Gasteiger partial charge on any atom is -0.464 e. The fourth-order valence-electron chi connectivity index (χ4n) is 3.45. The van der Waals surface area contributed by atoms with Gasteiger partial charge in [0, 0.05) is 12.1 Å². The van der Waals surface area contributed by atoms with Crippen LogP contribution in [0.15, 0.2) is 0 Å². The van der Waals surface area contributed by atoms with Crippen LogP contribution in [-0.4, -0.2) is 41.9 Å². The molecule has 2 saturated heterocycles. The smallest absolute Gasteiger partial charge is 0.408 e. The molecule has 0 aromatic rings. The molecule has 0 radical (unpaired) electrons. The molecular formula is C16H28N2O4. The van der Waals surface area contributed by atoms with Gasteiger partial charge in [-0.1, -0.05) is 6.42 Å². The van der Waals surface area contributed by atoms with E-state index in [1.54, 1.807) is 27.7 Å². The quantitative estimate of drug-likeness (QED) is 0.781. The Bertz CT molecular complexity index is 418. The Hall–Kier alpha value is -1.30. The highest BCUT2D eigenvalue weighted by Crippen LogP contribution is 2.34. The molecule has 0 spiro atoms. The van der Waals surface area contributed by atoms with E-state index < -0.39 is 17.2 Å². The molecule has 2 atom stereocenters. The maximum absolute atomic E-state index is 12.5. The molecule has 1 amide bonds. The molecule has 2 fully saturated rings. The van der Waals surface area contributed by atoms with Crippen molar-refractivity contribution in [3.8, 4) is 0 Å². The highest BCUT2D eigenvalue weighted by atomic mass is 16.6. The largest absolute Gasteiger partial charge is 0.464 e. The van der Waals surface area contributed by atoms with E-state index in [4.69, 9.17) is 9.47 Å². The monoisotopic (exact) mass is 312 g/mol. The molecule has 0 aromatic heterocycles. The Morgan fingerprint density at radius 1 is 1.23 bits per heavy atom. The molecular weight excluding hydrogens is 284 g/mol. The number of carbonyl (C=O) groups excluding carboxylic acids is 2. The summed E-state index contributed by atoms with van der Waals surface area (Å²) in [6.07, 6.45) is 3.76. The fraction of sp³-hybridized carbons (Fsp3) is 0.875. The van der Waals surface area contributed by atoms with Gasteiger partial charge in [0.15, 0.2) is 0 Å². The third-order valence-electron chi connectivity index (χ3n) is 4.17. The SMILES string of the molecule is CCOC(=O)C1(NC(=O)OC(C)(C)C)CC2CCCC(C1)N2. The second-order valence-electron chi connectivity index (χ2n) is 7.33. The molecule has 0 saturated carbocycles. The number of hydrogen-bond donors (Lipinski definition) is 2. The van der Waals surface area contributed by atoms with Gasteiger partial charge in [-0.2, -0.15) is 0 Å². The molecule has 2 aliphatic rings. The summed E-state index contributed by atoms with van der Waals surface area (Å²) in [5.74, 6) is -0.348. The summed E-state index contributed by atoms with van der Waals surface area (Å²) in [5.41, 5.74) is -1.57. The van der Waals surface area contributed by atoms with Crippen molar-refractivity contribution < 1.29 is 19.1 Å². The van der Waals surface area contributed by atoms with Crippen molar-refractivity contribution in [1.82, 2.24) is 10.6 Å². The van der Waals surface area contributed by atoms with Gasteiger partial charge in [-0.25, -0.2) is 9.59 Å². The summed E-state index contributed by atoms with van der Waals surface area (Å²) in [7, 11) is 0. The molecule has 2 aliphatic heterocycles. The van der Waals surface area contributed by atoms with E-state index in [1.807, 2.05) is 0 Å². The van der Waals surface area contributed by atoms with Crippen molar-refractivity contribution in [2.24, 2.45) is 0 Å². The first-order chi connectivity index (χ1) is 10.2. The van der Waals surface area contributed by atoms with E-state index >= 15 is 0 Å². The highest BCUT2D eigenvalue weighted by molar-refractivity contribution is 5.86. The third-order valence-corrected chi connectivity index (χ3v) is 4.17. The van der Waals surface area contributed by atoms with Gasteiger partial charge >= 0.3 is 12.1 Å². The Labute approximate surface area is 132 Å². The minimum atomic E-state index is -0.973. The lowest BCUT2D eigenvalue weighted by atomic mass is 9.75. The summed E-state index contributed by atoms with van der Waals surface area (Å²) in [5, 5.41) is 6.35. The first kappa shape index (κ1) is 17.1. The number of nitrogens with one attached hydrogen (secondary N) is 2. The number of carbonyl (C=O) groups is 2. The molecule has 2 rings (SSSR count). The summed E-state index contributed by atoms with van der Waals surface area (Å²) >= 11 is 0. The standard InChI is InChI=1S/C16H28N2O4/c1-5-21-13(19)16(18-14(20)22-15(2,3)4)9-11-7-6-8-12(10-16)17-11/h11-12,17H,5-10H2,1-4H3,(H,18,20). The van der Waals surface area contributed by atoms with Gasteiger partial charge < -0.3 is 20.1 Å². The van der Waals surface area contributed by atoms with E-state index in [1.165, 1.54) is 0 Å². The number of fused-ring (bicyclic) bond motifs is 2. The fourth-order valence-corrected chi connectivity index (χ4v) is 3.45. The van der Waals surface area contributed by atoms with Gasteiger partial charge in [0.25, 0.3) is 0 Å². The molecule has 2 bridgehead atoms. The van der Waals surface area contributed by atoms with E-state index in [-0.39, 0.29) is 18.1 Å². The average molecular weight is 312 g/mol. The Morgan fingerprint density at radius 2 is 1.82 bits per heavy atom. The number of ether oxygens (including phenoxy) is 2. The van der Waals surface area contributed by atoms with Gasteiger partial charge in [0.2, 0.25) is 0 Å². The molecule has 6 nitrogen and oxygen atoms in total. The lowest BCUT2D eigenvalue weighted by Gasteiger charge is -2.46. The van der Waals surface area contributed by atoms with Crippen LogP contribution in [0.25, 0.3) is 0 Å². The zero-order valence-electron chi connectivity index (χ0n) is 14.0. The van der Waals surface area contributed by atoms with Crippen molar-refractivity contribution >= 4 is 12.1 Å². The minimum absolute atomic E-state index is 0.242. The molecule has 126 valence electrons. The normalized spacial score (nSPS) is 31.3. The van der Waals surface area contributed by atoms with E-state index in [2.05, 4.69) is 10.6 Å². The second kappa shape index (κ2) is 6.44. The van der Waals surface area contributed by atoms with Crippen molar-refractivity contribution in [1.29, 1.82) is 0 Å². The first-order valence-corrected chi connectivity index (χ1v) is 8.18. The van der Waals surface area contributed by atoms with Crippen LogP contribution < -0.4 is 10.6 Å². The van der Waals surface area contributed by atoms with Crippen LogP contribution >= 0.6 is 0 Å². The predicted octanol–water partition coefficient (Wildman–Crippen LogP) is 2.12. The van der Waals surface area contributed by atoms with Crippen molar-refractivity contribution in [3.05, 3.63) is 0 Å². The molecule has 0 aromatic carbocycles. The Kier molecular flexibility index (Phi) is 5.00. The van der Waals surface area contributed by atoms with Gasteiger partial charge in [-0.3, -0.25) is 0 Å². The van der Waals surface area contributed by atoms with Crippen LogP contribution in [0.3, 0.4) is 0 Å². The number of piperidine rings is 2. The molecule has 22 heavy (non-hydrogen) atoms. The topological polar surface area (TPSA) is 76.7 Å². The average Bonchev–Trinajstić information content (AvgIpc) is 2.36. The third kappa shape index (κ3) is 4.12. The van der Waals surface area contributed by atoms with Gasteiger partial charge in [-0.15, -0.1) is 0 Å². The Balaban J connectivity index is 2.15. The Morgan fingerprint density at radius 3 is 2.32 bits per heavy atom. The molecule has 0 aliphatic carbocycles. The van der Waals surface area contributed by atoms with Crippen LogP contribution in [0.1, 0.15) is 59.8 Å². The number of amides is 1. The van der Waals surface area contributed by atoms with Crippen molar-refractivity contribution in [2.75, 3.05) is 6.61 Å². The number of rotatable bonds is 3. The van der Waals surface area contributed by atoms with Crippen LogP contribution in [0.4, 0.5) is 4.79 Å². The number of alkyl carbamates (subject to hydrolysis) is 1. The molecule has 2 N–H and O–H groups in total. The van der Waals surface area contributed by atoms with Crippen molar-refractivity contribution in [2.45, 2.75) is 83.0 Å². The number of hydrogen-bond acceptors (Lipinski definition) is 5. The van der Waals surface area contributed by atoms with E-state index in [9.17, 15) is 9.59 Å². The summed E-state index contributed by atoms with van der Waals surface area (Å²) in [6.45, 7) is 7.50. The number of esters is 1. The van der Waals surface area contributed by atoms with Gasteiger partial charge in [0.1, 0.15) is 11.1 Å². The summed E-state index contributed by atoms with van der Waals surface area (Å²) < 4.78 is 10.6. The maximum Gasteiger partial charge on any atom is 0.408 e. The van der Waals surface area contributed by atoms with E-state index in [0.29, 0.717) is 19.4 Å². The maximum atomic E-state index is 12.5. The van der Waals surface area contributed by atoms with Crippen molar-refractivity contribution in [3.63, 3.8) is 0 Å². The first-order valence-electron chi connectivity index (χ1n) is 8.18. The molecule has 6 heteroatoms. The van der Waals surface area contributed by atoms with Crippen LogP contribution in [0.2, 0.25) is 0 Å². The van der Waals surface area contributed by atoms with E-state index in [0.717, 1.165) is 19.3 Å². The van der Waals surface area contributed by atoms with Gasteiger partial charge in [-0.05, 0) is 53.4 Å². The van der Waals surface area contributed by atoms with Crippen LogP contribution in [-0.2, 0) is 14.3 Å². The molecule has 2 heterocycles. The summed E-state index contributed by atoms with van der Waals surface area (Å²) in [4.78, 5) is 24.7. The lowest BCUT2D eigenvalue weighted by Crippen LogP contribution is -2.66. The van der Waals surface area contributed by atoms with Crippen LogP contribution in [0.5, 0.6) is 0 Å². The highest BCUT2D eigenvalue weighted by Gasteiger charge is 2.49.